The molecular formula is C18H20ClN2O4-. The van der Waals surface area contributed by atoms with E-state index < -0.39 is 17.8 Å². The van der Waals surface area contributed by atoms with Crippen LogP contribution in [-0.4, -0.2) is 55.2 Å². The Morgan fingerprint density at radius 3 is 2.40 bits per heavy atom. The maximum Gasteiger partial charge on any atom is 0.229 e. The minimum Gasteiger partial charge on any atom is -0.550 e. The normalized spacial score (nSPS) is 31.4. The zero-order chi connectivity index (χ0) is 17.6. The number of aliphatic carboxylic acids is 1. The lowest BCUT2D eigenvalue weighted by molar-refractivity contribution is -0.314. The monoisotopic (exact) mass is 363 g/mol. The second kappa shape index (κ2) is 6.50. The predicted octanol–water partition coefficient (Wildman–Crippen LogP) is 0.532. The number of hydrogen-bond acceptors (Lipinski definition) is 5. The Labute approximate surface area is 151 Å². The summed E-state index contributed by atoms with van der Waals surface area (Å²) in [4.78, 5) is 28.3. The van der Waals surface area contributed by atoms with Gasteiger partial charge in [0.15, 0.2) is 0 Å². The Kier molecular flexibility index (Phi) is 4.33. The summed E-state index contributed by atoms with van der Waals surface area (Å²) in [7, 11) is 0. The lowest BCUT2D eigenvalue weighted by Gasteiger charge is -2.39. The first-order valence-electron chi connectivity index (χ1n) is 8.70. The molecule has 3 aliphatic heterocycles. The van der Waals surface area contributed by atoms with Crippen LogP contribution in [0, 0.1) is 11.8 Å². The molecule has 25 heavy (non-hydrogen) atoms. The maximum atomic E-state index is 12.9. The molecule has 3 saturated heterocycles. The minimum absolute atomic E-state index is 0.104. The zero-order valence-electron chi connectivity index (χ0n) is 13.8. The van der Waals surface area contributed by atoms with Gasteiger partial charge in [-0.05, 0) is 31.0 Å². The smallest absolute Gasteiger partial charge is 0.229 e. The molecule has 2 bridgehead atoms. The molecule has 3 fully saturated rings. The van der Waals surface area contributed by atoms with Crippen molar-refractivity contribution in [1.82, 2.24) is 4.90 Å². The molecule has 0 N–H and O–H groups in total. The molecule has 1 aromatic carbocycles. The van der Waals surface area contributed by atoms with Crippen LogP contribution in [0.5, 0.6) is 0 Å². The van der Waals surface area contributed by atoms with Gasteiger partial charge in [-0.15, -0.1) is 0 Å². The van der Waals surface area contributed by atoms with Crippen molar-refractivity contribution in [3.05, 3.63) is 29.3 Å². The summed E-state index contributed by atoms with van der Waals surface area (Å²) in [6.45, 7) is 2.53. The molecule has 0 aliphatic carbocycles. The standard InChI is InChI=1S/C18H21ClN2O4/c19-11-2-1-3-12(10-11)20-6-8-21(9-7-20)17(22)15-13-4-5-14(25-13)16(15)18(23)24/h1-3,10,13-16H,4-9H2,(H,23,24)/p-1/t13-,14+,15-,16+/m1/s1. The number of hydrogen-bond donors (Lipinski definition) is 0. The predicted molar refractivity (Wildman–Crippen MR) is 90.1 cm³/mol. The van der Waals surface area contributed by atoms with E-state index in [2.05, 4.69) is 4.90 Å². The zero-order valence-corrected chi connectivity index (χ0v) is 14.5. The van der Waals surface area contributed by atoms with Crippen LogP contribution in [0.1, 0.15) is 12.8 Å². The number of carboxylic acids is 1. The van der Waals surface area contributed by atoms with Gasteiger partial charge in [-0.2, -0.15) is 0 Å². The van der Waals surface area contributed by atoms with Gasteiger partial charge in [0, 0.05) is 48.8 Å². The number of carbonyl (C=O) groups is 2. The first kappa shape index (κ1) is 16.7. The number of anilines is 1. The average molecular weight is 364 g/mol. The molecular weight excluding hydrogens is 344 g/mol. The molecule has 0 saturated carbocycles. The topological polar surface area (TPSA) is 72.9 Å². The van der Waals surface area contributed by atoms with Crippen LogP contribution in [0.3, 0.4) is 0 Å². The molecule has 6 nitrogen and oxygen atoms in total. The van der Waals surface area contributed by atoms with E-state index in [0.717, 1.165) is 12.1 Å². The number of nitrogens with zero attached hydrogens (tertiary/aromatic N) is 2. The lowest BCUT2D eigenvalue weighted by Crippen LogP contribution is -2.54. The summed E-state index contributed by atoms with van der Waals surface area (Å²) in [5, 5.41) is 12.2. The highest BCUT2D eigenvalue weighted by atomic mass is 35.5. The number of amides is 1. The van der Waals surface area contributed by atoms with Crippen LogP contribution in [-0.2, 0) is 14.3 Å². The molecule has 1 amide bonds. The van der Waals surface area contributed by atoms with Gasteiger partial charge in [-0.3, -0.25) is 4.79 Å². The highest BCUT2D eigenvalue weighted by molar-refractivity contribution is 6.30. The SMILES string of the molecule is O=C([O-])[C@@H]1[C@H](C(=O)N2CCN(c3cccc(Cl)c3)CC2)[C@H]2CC[C@@H]1O2. The number of halogens is 1. The third-order valence-electron chi connectivity index (χ3n) is 5.60. The van der Waals surface area contributed by atoms with Crippen molar-refractivity contribution < 1.29 is 19.4 Å². The van der Waals surface area contributed by atoms with Crippen LogP contribution in [0.2, 0.25) is 5.02 Å². The van der Waals surface area contributed by atoms with E-state index in [1.54, 1.807) is 4.90 Å². The van der Waals surface area contributed by atoms with E-state index in [-0.39, 0.29) is 18.1 Å². The van der Waals surface area contributed by atoms with Gasteiger partial charge in [-0.1, -0.05) is 17.7 Å². The lowest BCUT2D eigenvalue weighted by atomic mass is 9.78. The molecule has 7 heteroatoms. The van der Waals surface area contributed by atoms with Gasteiger partial charge in [0.05, 0.1) is 18.1 Å². The van der Waals surface area contributed by atoms with E-state index in [1.165, 1.54) is 0 Å². The van der Waals surface area contributed by atoms with Gasteiger partial charge >= 0.3 is 0 Å². The Balaban J connectivity index is 1.42. The van der Waals surface area contributed by atoms with Crippen molar-refractivity contribution in [1.29, 1.82) is 0 Å². The molecule has 1 aromatic rings. The molecule has 0 radical (unpaired) electrons. The Hall–Kier alpha value is -1.79. The fourth-order valence-corrected chi connectivity index (χ4v) is 4.54. The Bertz CT molecular complexity index is 689. The first-order valence-corrected chi connectivity index (χ1v) is 9.08. The van der Waals surface area contributed by atoms with E-state index in [4.69, 9.17) is 16.3 Å². The van der Waals surface area contributed by atoms with Gasteiger partial charge < -0.3 is 24.4 Å². The second-order valence-corrected chi connectivity index (χ2v) is 7.39. The van der Waals surface area contributed by atoms with E-state index in [1.807, 2.05) is 24.3 Å². The number of fused-ring (bicyclic) bond motifs is 2. The van der Waals surface area contributed by atoms with Crippen LogP contribution in [0.25, 0.3) is 0 Å². The summed E-state index contributed by atoms with van der Waals surface area (Å²) in [5.74, 6) is -2.67. The summed E-state index contributed by atoms with van der Waals surface area (Å²) >= 11 is 6.04. The van der Waals surface area contributed by atoms with Crippen molar-refractivity contribution in [3.63, 3.8) is 0 Å². The van der Waals surface area contributed by atoms with Crippen LogP contribution < -0.4 is 10.0 Å². The minimum atomic E-state index is -1.16. The molecule has 0 aromatic heterocycles. The summed E-state index contributed by atoms with van der Waals surface area (Å²) in [5.41, 5.74) is 1.04. The van der Waals surface area contributed by atoms with E-state index >= 15 is 0 Å². The third-order valence-corrected chi connectivity index (χ3v) is 5.83. The highest BCUT2D eigenvalue weighted by Gasteiger charge is 2.53. The molecule has 3 aliphatic rings. The number of benzene rings is 1. The summed E-state index contributed by atoms with van der Waals surface area (Å²) in [6, 6.07) is 7.65. The summed E-state index contributed by atoms with van der Waals surface area (Å²) < 4.78 is 5.68. The van der Waals surface area contributed by atoms with Gasteiger partial charge in [0.2, 0.25) is 5.91 Å². The molecule has 4 rings (SSSR count). The third kappa shape index (κ3) is 2.98. The number of piperazine rings is 1. The largest absolute Gasteiger partial charge is 0.550 e. The molecule has 0 unspecified atom stereocenters. The van der Waals surface area contributed by atoms with E-state index in [9.17, 15) is 14.7 Å². The summed E-state index contributed by atoms with van der Waals surface area (Å²) in [6.07, 6.45) is 0.825. The number of carboxylic acid groups (broad SMARTS) is 1. The van der Waals surface area contributed by atoms with Crippen LogP contribution >= 0.6 is 11.6 Å². The van der Waals surface area contributed by atoms with Crippen LogP contribution in [0.4, 0.5) is 5.69 Å². The molecule has 134 valence electrons. The quantitative estimate of drug-likeness (QED) is 0.783. The molecule has 4 atom stereocenters. The van der Waals surface area contributed by atoms with Crippen LogP contribution in [0.15, 0.2) is 24.3 Å². The van der Waals surface area contributed by atoms with Crippen molar-refractivity contribution >= 4 is 29.2 Å². The average Bonchev–Trinajstić information content (AvgIpc) is 3.22. The van der Waals surface area contributed by atoms with Crippen molar-refractivity contribution in [2.24, 2.45) is 11.8 Å². The van der Waals surface area contributed by atoms with E-state index in [0.29, 0.717) is 37.6 Å². The van der Waals surface area contributed by atoms with Gasteiger partial charge in [0.25, 0.3) is 0 Å². The van der Waals surface area contributed by atoms with Gasteiger partial charge in [-0.25, -0.2) is 0 Å². The second-order valence-electron chi connectivity index (χ2n) is 6.95. The van der Waals surface area contributed by atoms with Crippen molar-refractivity contribution in [3.8, 4) is 0 Å². The fourth-order valence-electron chi connectivity index (χ4n) is 4.36. The Morgan fingerprint density at radius 2 is 1.76 bits per heavy atom. The first-order chi connectivity index (χ1) is 12.0. The number of carbonyl (C=O) groups excluding carboxylic acids is 2. The number of rotatable bonds is 3. The van der Waals surface area contributed by atoms with Gasteiger partial charge in [0.1, 0.15) is 0 Å². The molecule has 0 spiro atoms. The van der Waals surface area contributed by atoms with Crippen molar-refractivity contribution in [2.75, 3.05) is 31.1 Å². The fraction of sp³-hybridized carbons (Fsp3) is 0.556. The molecule has 3 heterocycles. The Morgan fingerprint density at radius 1 is 1.08 bits per heavy atom. The van der Waals surface area contributed by atoms with Crippen molar-refractivity contribution in [2.45, 2.75) is 25.0 Å². The maximum absolute atomic E-state index is 12.9. The highest BCUT2D eigenvalue weighted by Crippen LogP contribution is 2.44. The number of ether oxygens (including phenoxy) is 1.